The predicted molar refractivity (Wildman–Crippen MR) is 103 cm³/mol. The molecule has 1 atom stereocenters. The summed E-state index contributed by atoms with van der Waals surface area (Å²) in [5, 5.41) is 6.09. The van der Waals surface area contributed by atoms with E-state index in [-0.39, 0.29) is 30.5 Å². The summed E-state index contributed by atoms with van der Waals surface area (Å²) < 4.78 is 4.86. The van der Waals surface area contributed by atoms with Crippen LogP contribution in [0.5, 0.6) is 0 Å². The van der Waals surface area contributed by atoms with Crippen molar-refractivity contribution in [2.45, 2.75) is 45.7 Å². The molecule has 144 valence electrons. The number of piperidine rings is 1. The molecule has 1 aromatic carbocycles. The highest BCUT2D eigenvalue weighted by molar-refractivity contribution is 6.00. The normalized spacial score (nSPS) is 16.4. The van der Waals surface area contributed by atoms with E-state index in [1.807, 2.05) is 31.2 Å². The summed E-state index contributed by atoms with van der Waals surface area (Å²) in [6, 6.07) is 8.02. The smallest absolute Gasteiger partial charge is 0.253 e. The largest absolute Gasteiger partial charge is 0.375 e. The van der Waals surface area contributed by atoms with Crippen LogP contribution in [-0.2, 0) is 9.53 Å². The summed E-state index contributed by atoms with van der Waals surface area (Å²) in [5.74, 6) is 0.281. The molecule has 1 aliphatic rings. The molecule has 1 heterocycles. The molecule has 1 saturated heterocycles. The van der Waals surface area contributed by atoms with Gasteiger partial charge in [-0.3, -0.25) is 9.59 Å². The monoisotopic (exact) mass is 361 g/mol. The number of rotatable bonds is 7. The SMILES string of the molecule is COCC(=O)NC1CCN(c2ccccc2C(=O)N[C@@H](C)C(C)C)CC1. The van der Waals surface area contributed by atoms with Gasteiger partial charge in [-0.25, -0.2) is 0 Å². The molecule has 6 heteroatoms. The molecule has 6 nitrogen and oxygen atoms in total. The van der Waals surface area contributed by atoms with Crippen LogP contribution >= 0.6 is 0 Å². The van der Waals surface area contributed by atoms with Crippen molar-refractivity contribution in [2.75, 3.05) is 31.7 Å². The van der Waals surface area contributed by atoms with Crippen LogP contribution in [0.25, 0.3) is 0 Å². The van der Waals surface area contributed by atoms with E-state index in [0.29, 0.717) is 11.5 Å². The molecule has 2 rings (SSSR count). The number of para-hydroxylation sites is 1. The van der Waals surface area contributed by atoms with E-state index < -0.39 is 0 Å². The Hall–Kier alpha value is -2.08. The fraction of sp³-hybridized carbons (Fsp3) is 0.600. The van der Waals surface area contributed by atoms with Crippen LogP contribution < -0.4 is 15.5 Å². The number of benzene rings is 1. The molecule has 0 radical (unpaired) electrons. The minimum atomic E-state index is -0.0756. The average molecular weight is 361 g/mol. The van der Waals surface area contributed by atoms with Gasteiger partial charge in [0.2, 0.25) is 5.91 Å². The second-order valence-electron chi connectivity index (χ2n) is 7.29. The van der Waals surface area contributed by atoms with Crippen LogP contribution in [0.2, 0.25) is 0 Å². The third kappa shape index (κ3) is 5.46. The molecule has 0 aromatic heterocycles. The van der Waals surface area contributed by atoms with Gasteiger partial charge in [0, 0.05) is 38.0 Å². The highest BCUT2D eigenvalue weighted by Gasteiger charge is 2.24. The van der Waals surface area contributed by atoms with Crippen LogP contribution in [-0.4, -0.2) is 50.7 Å². The van der Waals surface area contributed by atoms with Gasteiger partial charge in [0.05, 0.1) is 5.56 Å². The Morgan fingerprint density at radius 2 is 1.85 bits per heavy atom. The zero-order chi connectivity index (χ0) is 19.1. The van der Waals surface area contributed by atoms with E-state index in [9.17, 15) is 9.59 Å². The third-order valence-corrected chi connectivity index (χ3v) is 4.98. The maximum absolute atomic E-state index is 12.7. The summed E-state index contributed by atoms with van der Waals surface area (Å²) in [6.07, 6.45) is 1.71. The van der Waals surface area contributed by atoms with Gasteiger partial charge in [0.1, 0.15) is 6.61 Å². The number of nitrogens with one attached hydrogen (secondary N) is 2. The molecular formula is C20H31N3O3. The molecule has 26 heavy (non-hydrogen) atoms. The number of methoxy groups -OCH3 is 1. The van der Waals surface area contributed by atoms with Crippen molar-refractivity contribution in [3.8, 4) is 0 Å². The molecule has 1 aromatic rings. The first kappa shape index (κ1) is 20.2. The van der Waals surface area contributed by atoms with E-state index in [1.165, 1.54) is 7.11 Å². The van der Waals surface area contributed by atoms with E-state index in [1.54, 1.807) is 0 Å². The lowest BCUT2D eigenvalue weighted by Crippen LogP contribution is -2.46. The summed E-state index contributed by atoms with van der Waals surface area (Å²) in [4.78, 5) is 26.6. The highest BCUT2D eigenvalue weighted by atomic mass is 16.5. The zero-order valence-corrected chi connectivity index (χ0v) is 16.2. The Kier molecular flexibility index (Phi) is 7.45. The van der Waals surface area contributed by atoms with Crippen LogP contribution in [0.4, 0.5) is 5.69 Å². The van der Waals surface area contributed by atoms with Gasteiger partial charge in [-0.1, -0.05) is 26.0 Å². The molecular weight excluding hydrogens is 330 g/mol. The van der Waals surface area contributed by atoms with Gasteiger partial charge in [-0.15, -0.1) is 0 Å². The van der Waals surface area contributed by atoms with Crippen molar-refractivity contribution in [3.63, 3.8) is 0 Å². The standard InChI is InChI=1S/C20H31N3O3/c1-14(2)15(3)21-20(25)17-7-5-6-8-18(17)23-11-9-16(10-12-23)22-19(24)13-26-4/h5-8,14-16H,9-13H2,1-4H3,(H,21,25)(H,22,24)/t15-/m0/s1. The van der Waals surface area contributed by atoms with Crippen molar-refractivity contribution >= 4 is 17.5 Å². The molecule has 2 amide bonds. The third-order valence-electron chi connectivity index (χ3n) is 4.98. The lowest BCUT2D eigenvalue weighted by atomic mass is 10.0. The first-order valence-corrected chi connectivity index (χ1v) is 9.35. The van der Waals surface area contributed by atoms with Crippen molar-refractivity contribution in [1.82, 2.24) is 10.6 Å². The number of nitrogens with zero attached hydrogens (tertiary/aromatic N) is 1. The molecule has 0 saturated carbocycles. The van der Waals surface area contributed by atoms with Crippen LogP contribution in [0, 0.1) is 5.92 Å². The van der Waals surface area contributed by atoms with Crippen molar-refractivity contribution in [2.24, 2.45) is 5.92 Å². The number of hydrogen-bond acceptors (Lipinski definition) is 4. The van der Waals surface area contributed by atoms with Gasteiger partial charge < -0.3 is 20.3 Å². The zero-order valence-electron chi connectivity index (χ0n) is 16.2. The van der Waals surface area contributed by atoms with Gasteiger partial charge in [-0.05, 0) is 37.8 Å². The minimum Gasteiger partial charge on any atom is -0.375 e. The number of amides is 2. The fourth-order valence-electron chi connectivity index (χ4n) is 3.06. The topological polar surface area (TPSA) is 70.7 Å². The second kappa shape index (κ2) is 9.57. The molecule has 2 N–H and O–H groups in total. The average Bonchev–Trinajstić information content (AvgIpc) is 2.62. The van der Waals surface area contributed by atoms with Gasteiger partial charge in [-0.2, -0.15) is 0 Å². The highest BCUT2D eigenvalue weighted by Crippen LogP contribution is 2.24. The van der Waals surface area contributed by atoms with Gasteiger partial charge >= 0.3 is 0 Å². The van der Waals surface area contributed by atoms with E-state index in [2.05, 4.69) is 29.4 Å². The lowest BCUT2D eigenvalue weighted by molar-refractivity contribution is -0.125. The summed E-state index contributed by atoms with van der Waals surface area (Å²) >= 11 is 0. The number of anilines is 1. The van der Waals surface area contributed by atoms with Gasteiger partial charge in [0.25, 0.3) is 5.91 Å². The Labute approximate surface area is 156 Å². The predicted octanol–water partition coefficient (Wildman–Crippen LogP) is 2.19. The van der Waals surface area contributed by atoms with E-state index in [0.717, 1.165) is 31.6 Å². The van der Waals surface area contributed by atoms with Gasteiger partial charge in [0.15, 0.2) is 0 Å². The molecule has 1 fully saturated rings. The van der Waals surface area contributed by atoms with E-state index in [4.69, 9.17) is 4.74 Å². The Balaban J connectivity index is 2.00. The maximum Gasteiger partial charge on any atom is 0.253 e. The fourth-order valence-corrected chi connectivity index (χ4v) is 3.06. The van der Waals surface area contributed by atoms with Crippen molar-refractivity contribution in [1.29, 1.82) is 0 Å². The quantitative estimate of drug-likeness (QED) is 0.781. The Bertz CT molecular complexity index is 610. The molecule has 0 spiro atoms. The number of ether oxygens (including phenoxy) is 1. The van der Waals surface area contributed by atoms with Crippen molar-refractivity contribution < 1.29 is 14.3 Å². The number of hydrogen-bond donors (Lipinski definition) is 2. The summed E-state index contributed by atoms with van der Waals surface area (Å²) in [5.41, 5.74) is 1.67. The molecule has 0 aliphatic carbocycles. The Morgan fingerprint density at radius 3 is 2.46 bits per heavy atom. The lowest BCUT2D eigenvalue weighted by Gasteiger charge is -2.35. The van der Waals surface area contributed by atoms with Crippen molar-refractivity contribution in [3.05, 3.63) is 29.8 Å². The van der Waals surface area contributed by atoms with E-state index >= 15 is 0 Å². The molecule has 1 aliphatic heterocycles. The number of carbonyl (C=O) groups excluding carboxylic acids is 2. The first-order valence-electron chi connectivity index (χ1n) is 9.35. The van der Waals surface area contributed by atoms with Crippen LogP contribution in [0.1, 0.15) is 44.0 Å². The molecule has 0 bridgehead atoms. The first-order chi connectivity index (χ1) is 12.4. The summed E-state index contributed by atoms with van der Waals surface area (Å²) in [7, 11) is 1.52. The summed E-state index contributed by atoms with van der Waals surface area (Å²) in [6.45, 7) is 7.93. The minimum absolute atomic E-state index is 0.0303. The maximum atomic E-state index is 12.7. The molecule has 0 unspecified atom stereocenters. The Morgan fingerprint density at radius 1 is 1.19 bits per heavy atom. The number of carbonyl (C=O) groups is 2. The van der Waals surface area contributed by atoms with Crippen LogP contribution in [0.3, 0.4) is 0 Å². The van der Waals surface area contributed by atoms with Crippen LogP contribution in [0.15, 0.2) is 24.3 Å². The second-order valence-corrected chi connectivity index (χ2v) is 7.29.